The van der Waals surface area contributed by atoms with Crippen molar-refractivity contribution in [3.63, 3.8) is 0 Å². The summed E-state index contributed by atoms with van der Waals surface area (Å²) < 4.78 is 10.4. The molecule has 1 aromatic heterocycles. The molecule has 0 saturated heterocycles. The van der Waals surface area contributed by atoms with E-state index in [0.29, 0.717) is 6.42 Å². The van der Waals surface area contributed by atoms with Crippen LogP contribution in [0.4, 0.5) is 0 Å². The summed E-state index contributed by atoms with van der Waals surface area (Å²) in [4.78, 5) is 4.42. The molecule has 0 aliphatic heterocycles. The fourth-order valence-corrected chi connectivity index (χ4v) is 2.76. The normalized spacial score (nSPS) is 21.9. The molecule has 2 rings (SSSR count). The fourth-order valence-electron chi connectivity index (χ4n) is 2.76. The van der Waals surface area contributed by atoms with Crippen molar-refractivity contribution < 1.29 is 14.6 Å². The van der Waals surface area contributed by atoms with Crippen LogP contribution in [-0.4, -0.2) is 36.2 Å². The molecular formula is C14H21NO3. The number of fused-ring (bicyclic) bond motifs is 1. The average molecular weight is 251 g/mol. The Morgan fingerprint density at radius 2 is 2.22 bits per heavy atom. The first kappa shape index (κ1) is 13.5. The molecule has 0 aromatic carbocycles. The maximum Gasteiger partial charge on any atom is 0.159 e. The summed E-state index contributed by atoms with van der Waals surface area (Å²) in [6, 6.07) is 4.03. The third kappa shape index (κ3) is 2.55. The van der Waals surface area contributed by atoms with E-state index in [4.69, 9.17) is 9.47 Å². The molecule has 4 heteroatoms. The summed E-state index contributed by atoms with van der Waals surface area (Å²) in [6.07, 6.45) is 3.76. The van der Waals surface area contributed by atoms with Gasteiger partial charge in [0.2, 0.25) is 0 Å². The minimum absolute atomic E-state index is 0.0569. The van der Waals surface area contributed by atoms with Crippen LogP contribution in [0.2, 0.25) is 0 Å². The Balaban J connectivity index is 2.16. The first-order valence-electron chi connectivity index (χ1n) is 6.30. The first-order chi connectivity index (χ1) is 8.58. The van der Waals surface area contributed by atoms with Crippen molar-refractivity contribution in [2.75, 3.05) is 14.2 Å². The van der Waals surface area contributed by atoms with Crippen LogP contribution < -0.4 is 0 Å². The van der Waals surface area contributed by atoms with Crippen LogP contribution in [0, 0.1) is 0 Å². The van der Waals surface area contributed by atoms with Crippen molar-refractivity contribution in [2.45, 2.75) is 44.0 Å². The van der Waals surface area contributed by atoms with Crippen LogP contribution in [0.3, 0.4) is 0 Å². The van der Waals surface area contributed by atoms with E-state index in [0.717, 1.165) is 18.5 Å². The van der Waals surface area contributed by atoms with Gasteiger partial charge in [-0.15, -0.1) is 0 Å². The highest BCUT2D eigenvalue weighted by molar-refractivity contribution is 5.30. The quantitative estimate of drug-likeness (QED) is 0.812. The summed E-state index contributed by atoms with van der Waals surface area (Å²) in [5.74, 6) is 0.0569. The number of aromatic nitrogens is 1. The molecule has 0 amide bonds. The summed E-state index contributed by atoms with van der Waals surface area (Å²) >= 11 is 0. The third-order valence-corrected chi connectivity index (χ3v) is 3.81. The molecule has 1 N–H and O–H groups in total. The molecule has 1 aliphatic rings. The number of pyridine rings is 1. The highest BCUT2D eigenvalue weighted by atomic mass is 16.7. The lowest BCUT2D eigenvalue weighted by atomic mass is 9.84. The van der Waals surface area contributed by atoms with Gasteiger partial charge in [-0.3, -0.25) is 4.98 Å². The van der Waals surface area contributed by atoms with E-state index in [9.17, 15) is 5.11 Å². The van der Waals surface area contributed by atoms with Crippen molar-refractivity contribution in [1.29, 1.82) is 0 Å². The SMILES string of the molecule is COC(CC(C)(O)C1CCc2cccnc21)OC. The Labute approximate surface area is 108 Å². The van der Waals surface area contributed by atoms with Crippen LogP contribution in [0.25, 0.3) is 0 Å². The Morgan fingerprint density at radius 3 is 2.89 bits per heavy atom. The fraction of sp³-hybridized carbons (Fsp3) is 0.643. The molecule has 0 fully saturated rings. The third-order valence-electron chi connectivity index (χ3n) is 3.81. The largest absolute Gasteiger partial charge is 0.389 e. The van der Waals surface area contributed by atoms with Crippen LogP contribution >= 0.6 is 0 Å². The minimum Gasteiger partial charge on any atom is -0.389 e. The topological polar surface area (TPSA) is 51.6 Å². The van der Waals surface area contributed by atoms with E-state index < -0.39 is 5.60 Å². The van der Waals surface area contributed by atoms with E-state index in [1.807, 2.05) is 13.0 Å². The van der Waals surface area contributed by atoms with Crippen molar-refractivity contribution in [1.82, 2.24) is 4.98 Å². The van der Waals surface area contributed by atoms with Crippen molar-refractivity contribution in [3.05, 3.63) is 29.6 Å². The lowest BCUT2D eigenvalue weighted by Crippen LogP contribution is -2.37. The van der Waals surface area contributed by atoms with E-state index in [1.165, 1.54) is 5.56 Å². The maximum absolute atomic E-state index is 10.7. The van der Waals surface area contributed by atoms with E-state index in [-0.39, 0.29) is 12.2 Å². The lowest BCUT2D eigenvalue weighted by molar-refractivity contribution is -0.145. The Morgan fingerprint density at radius 1 is 1.50 bits per heavy atom. The van der Waals surface area contributed by atoms with Gasteiger partial charge in [0.1, 0.15) is 0 Å². The molecule has 100 valence electrons. The molecule has 4 nitrogen and oxygen atoms in total. The van der Waals surface area contributed by atoms with Gasteiger partial charge in [-0.05, 0) is 31.4 Å². The van der Waals surface area contributed by atoms with Gasteiger partial charge in [-0.25, -0.2) is 0 Å². The molecule has 0 radical (unpaired) electrons. The van der Waals surface area contributed by atoms with Gasteiger partial charge in [-0.2, -0.15) is 0 Å². The Kier molecular flexibility index (Phi) is 4.00. The summed E-state index contributed by atoms with van der Waals surface area (Å²) in [7, 11) is 3.18. The summed E-state index contributed by atoms with van der Waals surface area (Å²) in [5, 5.41) is 10.7. The van der Waals surface area contributed by atoms with Gasteiger partial charge in [0.25, 0.3) is 0 Å². The molecule has 18 heavy (non-hydrogen) atoms. The molecule has 0 bridgehead atoms. The second-order valence-corrected chi connectivity index (χ2v) is 5.10. The molecule has 2 atom stereocenters. The minimum atomic E-state index is -0.865. The van der Waals surface area contributed by atoms with E-state index in [2.05, 4.69) is 11.1 Å². The van der Waals surface area contributed by atoms with Crippen molar-refractivity contribution in [3.8, 4) is 0 Å². The smallest absolute Gasteiger partial charge is 0.159 e. The summed E-state index contributed by atoms with van der Waals surface area (Å²) in [6.45, 7) is 1.84. The number of methoxy groups -OCH3 is 2. The average Bonchev–Trinajstić information content (AvgIpc) is 2.80. The Hall–Kier alpha value is -0.970. The monoisotopic (exact) mass is 251 g/mol. The molecule has 0 saturated carbocycles. The number of ether oxygens (including phenoxy) is 2. The van der Waals surface area contributed by atoms with Gasteiger partial charge in [0.05, 0.1) is 5.60 Å². The standard InChI is InChI=1S/C14H21NO3/c1-14(16,9-12(17-2)18-3)11-7-6-10-5-4-8-15-13(10)11/h4-5,8,11-12,16H,6-7,9H2,1-3H3. The van der Waals surface area contributed by atoms with Crippen LogP contribution in [0.1, 0.15) is 36.9 Å². The zero-order chi connectivity index (χ0) is 13.2. The molecule has 1 aliphatic carbocycles. The highest BCUT2D eigenvalue weighted by Crippen LogP contribution is 2.41. The second-order valence-electron chi connectivity index (χ2n) is 5.10. The Bertz CT molecular complexity index is 402. The maximum atomic E-state index is 10.7. The predicted molar refractivity (Wildman–Crippen MR) is 68.3 cm³/mol. The van der Waals surface area contributed by atoms with Gasteiger partial charge in [0.15, 0.2) is 6.29 Å². The van der Waals surface area contributed by atoms with Gasteiger partial charge >= 0.3 is 0 Å². The van der Waals surface area contributed by atoms with Crippen LogP contribution in [-0.2, 0) is 15.9 Å². The molecule has 1 aromatic rings. The van der Waals surface area contributed by atoms with Gasteiger partial charge in [-0.1, -0.05) is 6.07 Å². The van der Waals surface area contributed by atoms with E-state index >= 15 is 0 Å². The second kappa shape index (κ2) is 5.34. The van der Waals surface area contributed by atoms with Crippen molar-refractivity contribution in [2.24, 2.45) is 0 Å². The van der Waals surface area contributed by atoms with Gasteiger partial charge < -0.3 is 14.6 Å². The number of hydrogen-bond donors (Lipinski definition) is 1. The number of aryl methyl sites for hydroxylation is 1. The molecule has 0 spiro atoms. The number of hydrogen-bond acceptors (Lipinski definition) is 4. The highest BCUT2D eigenvalue weighted by Gasteiger charge is 2.40. The molecule has 1 heterocycles. The van der Waals surface area contributed by atoms with Gasteiger partial charge in [0, 0.05) is 38.4 Å². The zero-order valence-corrected chi connectivity index (χ0v) is 11.2. The zero-order valence-electron chi connectivity index (χ0n) is 11.2. The predicted octanol–water partition coefficient (Wildman–Crippen LogP) is 1.87. The summed E-state index contributed by atoms with van der Waals surface area (Å²) in [5.41, 5.74) is 1.40. The number of rotatable bonds is 5. The lowest BCUT2D eigenvalue weighted by Gasteiger charge is -2.32. The number of aliphatic hydroxyl groups is 1. The molecular weight excluding hydrogens is 230 g/mol. The van der Waals surface area contributed by atoms with Crippen LogP contribution in [0.5, 0.6) is 0 Å². The van der Waals surface area contributed by atoms with E-state index in [1.54, 1.807) is 20.4 Å². The molecule has 2 unspecified atom stereocenters. The first-order valence-corrected chi connectivity index (χ1v) is 6.30. The van der Waals surface area contributed by atoms with Crippen LogP contribution in [0.15, 0.2) is 18.3 Å². The number of nitrogens with zero attached hydrogens (tertiary/aromatic N) is 1. The van der Waals surface area contributed by atoms with Crippen molar-refractivity contribution >= 4 is 0 Å².